The van der Waals surface area contributed by atoms with Crippen molar-refractivity contribution in [2.75, 3.05) is 35.6 Å². The average Bonchev–Trinajstić information content (AvgIpc) is 2.80. The lowest BCUT2D eigenvalue weighted by atomic mass is 10.1. The lowest BCUT2D eigenvalue weighted by molar-refractivity contribution is 0.102. The molecule has 32 heavy (non-hydrogen) atoms. The maximum atomic E-state index is 13.1. The van der Waals surface area contributed by atoms with Crippen LogP contribution in [0.3, 0.4) is 0 Å². The molecule has 0 saturated carbocycles. The molecule has 10 heteroatoms. The van der Waals surface area contributed by atoms with E-state index >= 15 is 0 Å². The highest BCUT2D eigenvalue weighted by molar-refractivity contribution is 6.07. The van der Waals surface area contributed by atoms with Gasteiger partial charge in [-0.1, -0.05) is 0 Å². The van der Waals surface area contributed by atoms with Crippen LogP contribution in [0.4, 0.5) is 17.1 Å². The van der Waals surface area contributed by atoms with Crippen LogP contribution in [-0.4, -0.2) is 51.6 Å². The molecule has 0 bridgehead atoms. The van der Waals surface area contributed by atoms with Gasteiger partial charge in [-0.25, -0.2) is 9.97 Å². The van der Waals surface area contributed by atoms with Crippen LogP contribution in [0.2, 0.25) is 0 Å². The smallest absolute Gasteiger partial charge is 0.276 e. The molecule has 4 rings (SSSR count). The van der Waals surface area contributed by atoms with Crippen LogP contribution in [-0.2, 0) is 0 Å². The fourth-order valence-corrected chi connectivity index (χ4v) is 3.65. The van der Waals surface area contributed by atoms with Crippen LogP contribution in [0.25, 0.3) is 11.4 Å². The monoisotopic (exact) mass is 434 g/mol. The van der Waals surface area contributed by atoms with Crippen molar-refractivity contribution in [2.24, 2.45) is 5.73 Å². The lowest BCUT2D eigenvalue weighted by Gasteiger charge is -2.33. The Balaban J connectivity index is 1.60. The van der Waals surface area contributed by atoms with Crippen molar-refractivity contribution in [1.82, 2.24) is 19.9 Å². The molecule has 1 fully saturated rings. The number of pyridine rings is 2. The Hall–Kier alpha value is -3.79. The number of hydrogen-bond donors (Lipinski definition) is 3. The van der Waals surface area contributed by atoms with E-state index in [-0.39, 0.29) is 17.4 Å². The zero-order valence-corrected chi connectivity index (χ0v) is 17.9. The number of nitrogens with one attached hydrogen (secondary N) is 1. The van der Waals surface area contributed by atoms with Gasteiger partial charge in [0.1, 0.15) is 5.69 Å². The van der Waals surface area contributed by atoms with Gasteiger partial charge in [-0.15, -0.1) is 0 Å². The number of carbonyl (C=O) groups excluding carboxylic acids is 1. The minimum atomic E-state index is -0.436. The predicted octanol–water partition coefficient (Wildman–Crippen LogP) is 2.09. The molecule has 3 aromatic rings. The Morgan fingerprint density at radius 2 is 2.06 bits per heavy atom. The first-order valence-electron chi connectivity index (χ1n) is 10.5. The average molecular weight is 435 g/mol. The number of rotatable bonds is 6. The minimum Gasteiger partial charge on any atom is -0.477 e. The van der Waals surface area contributed by atoms with Gasteiger partial charge in [0.25, 0.3) is 5.91 Å². The van der Waals surface area contributed by atoms with Gasteiger partial charge in [-0.05, 0) is 38.0 Å². The Labute approximate surface area is 186 Å². The van der Waals surface area contributed by atoms with Crippen molar-refractivity contribution in [1.29, 1.82) is 0 Å². The van der Waals surface area contributed by atoms with E-state index in [1.165, 1.54) is 6.20 Å². The van der Waals surface area contributed by atoms with Crippen LogP contribution in [0.5, 0.6) is 5.88 Å². The summed E-state index contributed by atoms with van der Waals surface area (Å²) >= 11 is 0. The first-order chi connectivity index (χ1) is 15.5. The second-order valence-electron chi connectivity index (χ2n) is 7.51. The molecule has 0 aliphatic carbocycles. The van der Waals surface area contributed by atoms with Gasteiger partial charge in [-0.2, -0.15) is 0 Å². The summed E-state index contributed by atoms with van der Waals surface area (Å²) in [6.45, 7) is 3.92. The number of amides is 1. The zero-order valence-electron chi connectivity index (χ0n) is 17.9. The number of aromatic nitrogens is 4. The van der Waals surface area contributed by atoms with Crippen LogP contribution in [0, 0.1) is 0 Å². The molecule has 10 nitrogen and oxygen atoms in total. The summed E-state index contributed by atoms with van der Waals surface area (Å²) in [7, 11) is 0. The third-order valence-electron chi connectivity index (χ3n) is 5.15. The number of carbonyl (C=O) groups is 1. The van der Waals surface area contributed by atoms with Gasteiger partial charge in [0.05, 0.1) is 48.0 Å². The second-order valence-corrected chi connectivity index (χ2v) is 7.51. The van der Waals surface area contributed by atoms with Gasteiger partial charge in [-0.3, -0.25) is 14.8 Å². The fourth-order valence-electron chi connectivity index (χ4n) is 3.65. The summed E-state index contributed by atoms with van der Waals surface area (Å²) in [5.74, 6) is -0.0526. The molecule has 4 heterocycles. The van der Waals surface area contributed by atoms with E-state index < -0.39 is 5.91 Å². The molecule has 0 aromatic carbocycles. The van der Waals surface area contributed by atoms with Crippen molar-refractivity contribution in [3.05, 3.63) is 48.7 Å². The topological polar surface area (TPSA) is 145 Å². The van der Waals surface area contributed by atoms with Crippen molar-refractivity contribution in [3.63, 3.8) is 0 Å². The first kappa shape index (κ1) is 21.4. The summed E-state index contributed by atoms with van der Waals surface area (Å²) in [4.78, 5) is 32.4. The highest BCUT2D eigenvalue weighted by Crippen LogP contribution is 2.28. The van der Waals surface area contributed by atoms with Crippen molar-refractivity contribution < 1.29 is 9.53 Å². The standard InChI is InChI=1S/C22H26N8O2/c1-2-32-20-12-26-10-17(27-20)16-6-5-15(24)21(28-16)22(31)29-18-11-25-8-7-19(18)30-9-3-4-14(23)13-30/h5-8,10-12,14H,2-4,9,13,23-24H2,1H3,(H,29,31). The van der Waals surface area contributed by atoms with Gasteiger partial charge < -0.3 is 26.4 Å². The number of ether oxygens (including phenoxy) is 1. The summed E-state index contributed by atoms with van der Waals surface area (Å²) in [6.07, 6.45) is 8.38. The molecule has 1 aliphatic rings. The summed E-state index contributed by atoms with van der Waals surface area (Å²) in [6, 6.07) is 5.29. The van der Waals surface area contributed by atoms with E-state index in [0.29, 0.717) is 29.6 Å². The normalized spacial score (nSPS) is 15.9. The number of nitrogen functional groups attached to an aromatic ring is 1. The molecule has 1 amide bonds. The van der Waals surface area contributed by atoms with Crippen LogP contribution >= 0.6 is 0 Å². The maximum Gasteiger partial charge on any atom is 0.276 e. The quantitative estimate of drug-likeness (QED) is 0.531. The maximum absolute atomic E-state index is 13.1. The minimum absolute atomic E-state index is 0.0938. The molecule has 0 spiro atoms. The van der Waals surface area contributed by atoms with E-state index in [4.69, 9.17) is 16.2 Å². The molecule has 1 saturated heterocycles. The van der Waals surface area contributed by atoms with E-state index in [2.05, 4.69) is 30.2 Å². The highest BCUT2D eigenvalue weighted by Gasteiger charge is 2.21. The summed E-state index contributed by atoms with van der Waals surface area (Å²) in [5, 5.41) is 2.90. The largest absolute Gasteiger partial charge is 0.477 e. The molecule has 5 N–H and O–H groups in total. The Morgan fingerprint density at radius 3 is 2.88 bits per heavy atom. The Bertz CT molecular complexity index is 1110. The third-order valence-corrected chi connectivity index (χ3v) is 5.15. The molecule has 166 valence electrons. The van der Waals surface area contributed by atoms with Gasteiger partial charge in [0, 0.05) is 25.3 Å². The van der Waals surface area contributed by atoms with E-state index in [1.54, 1.807) is 30.7 Å². The Kier molecular flexibility index (Phi) is 6.41. The van der Waals surface area contributed by atoms with Crippen LogP contribution in [0.15, 0.2) is 43.0 Å². The molecular formula is C22H26N8O2. The molecular weight excluding hydrogens is 408 g/mol. The van der Waals surface area contributed by atoms with Crippen LogP contribution in [0.1, 0.15) is 30.3 Å². The van der Waals surface area contributed by atoms with Gasteiger partial charge >= 0.3 is 0 Å². The number of hydrogen-bond acceptors (Lipinski definition) is 9. The fraction of sp³-hybridized carbons (Fsp3) is 0.318. The molecule has 1 aliphatic heterocycles. The van der Waals surface area contributed by atoms with E-state index in [9.17, 15) is 4.79 Å². The second kappa shape index (κ2) is 9.56. The van der Waals surface area contributed by atoms with Crippen molar-refractivity contribution in [2.45, 2.75) is 25.8 Å². The molecule has 3 aromatic heterocycles. The van der Waals surface area contributed by atoms with E-state index in [1.807, 2.05) is 13.0 Å². The molecule has 1 atom stereocenters. The molecule has 0 radical (unpaired) electrons. The lowest BCUT2D eigenvalue weighted by Crippen LogP contribution is -2.43. The zero-order chi connectivity index (χ0) is 22.5. The summed E-state index contributed by atoms with van der Waals surface area (Å²) < 4.78 is 5.40. The van der Waals surface area contributed by atoms with Gasteiger partial charge in [0.2, 0.25) is 5.88 Å². The number of piperidine rings is 1. The number of nitrogens with zero attached hydrogens (tertiary/aromatic N) is 5. The summed E-state index contributed by atoms with van der Waals surface area (Å²) in [5.41, 5.74) is 15.0. The SMILES string of the molecule is CCOc1cncc(-c2ccc(N)c(C(=O)Nc3cnccc3N3CCCC(N)C3)n2)n1. The highest BCUT2D eigenvalue weighted by atomic mass is 16.5. The van der Waals surface area contributed by atoms with Gasteiger partial charge in [0.15, 0.2) is 5.69 Å². The Morgan fingerprint density at radius 1 is 1.19 bits per heavy atom. The van der Waals surface area contributed by atoms with Crippen LogP contribution < -0.4 is 26.4 Å². The number of nitrogens with two attached hydrogens (primary N) is 2. The third kappa shape index (κ3) is 4.75. The number of anilines is 3. The first-order valence-corrected chi connectivity index (χ1v) is 10.5. The van der Waals surface area contributed by atoms with Crippen molar-refractivity contribution >= 4 is 23.0 Å². The van der Waals surface area contributed by atoms with Crippen molar-refractivity contribution in [3.8, 4) is 17.3 Å². The predicted molar refractivity (Wildman–Crippen MR) is 122 cm³/mol. The molecule has 1 unspecified atom stereocenters. The van der Waals surface area contributed by atoms with E-state index in [0.717, 1.165) is 31.6 Å².